The van der Waals surface area contributed by atoms with Crippen LogP contribution in [0.2, 0.25) is 5.02 Å². The van der Waals surface area contributed by atoms with Gasteiger partial charge < -0.3 is 10.4 Å². The molecule has 4 heteroatoms. The molecule has 1 aromatic rings. The van der Waals surface area contributed by atoms with Crippen LogP contribution in [-0.2, 0) is 11.2 Å². The molecule has 0 aliphatic carbocycles. The minimum Gasteiger partial charge on any atom is -0.480 e. The summed E-state index contributed by atoms with van der Waals surface area (Å²) in [7, 11) is 0. The third-order valence-corrected chi connectivity index (χ3v) is 2.64. The van der Waals surface area contributed by atoms with Crippen molar-refractivity contribution in [3.63, 3.8) is 0 Å². The fourth-order valence-electron chi connectivity index (χ4n) is 1.75. The Hall–Kier alpha value is -1.06. The third-order valence-electron chi connectivity index (χ3n) is 2.41. The number of fused-ring (bicyclic) bond motifs is 1. The number of rotatable bonds is 1. The van der Waals surface area contributed by atoms with E-state index in [0.717, 1.165) is 17.5 Å². The van der Waals surface area contributed by atoms with E-state index in [0.29, 0.717) is 11.6 Å². The lowest BCUT2D eigenvalue weighted by Crippen LogP contribution is -2.34. The lowest BCUT2D eigenvalue weighted by Gasteiger charge is -2.23. The average molecular weight is 212 g/mol. The number of hydrogen-bond acceptors (Lipinski definition) is 2. The summed E-state index contributed by atoms with van der Waals surface area (Å²) < 4.78 is 0. The number of carboxylic acid groups (broad SMARTS) is 1. The number of carbonyl (C=O) groups is 1. The quantitative estimate of drug-likeness (QED) is 0.742. The molecule has 0 aromatic heterocycles. The summed E-state index contributed by atoms with van der Waals surface area (Å²) in [4.78, 5) is 10.9. The minimum absolute atomic E-state index is 0.587. The summed E-state index contributed by atoms with van der Waals surface area (Å²) in [6.45, 7) is 0.685. The molecule has 14 heavy (non-hydrogen) atoms. The Labute approximate surface area is 86.7 Å². The van der Waals surface area contributed by atoms with Crippen LogP contribution in [0.3, 0.4) is 0 Å². The van der Waals surface area contributed by atoms with Crippen molar-refractivity contribution in [1.82, 2.24) is 5.32 Å². The molecule has 0 fully saturated rings. The molecule has 3 nitrogen and oxygen atoms in total. The summed E-state index contributed by atoms with van der Waals surface area (Å²) >= 11 is 5.84. The molecule has 1 aliphatic rings. The highest BCUT2D eigenvalue weighted by Crippen LogP contribution is 2.25. The van der Waals surface area contributed by atoms with Gasteiger partial charge in [0.2, 0.25) is 0 Å². The van der Waals surface area contributed by atoms with E-state index in [-0.39, 0.29) is 0 Å². The van der Waals surface area contributed by atoms with Gasteiger partial charge in [-0.25, -0.2) is 0 Å². The molecule has 1 heterocycles. The van der Waals surface area contributed by atoms with E-state index in [1.807, 2.05) is 6.07 Å². The predicted molar refractivity (Wildman–Crippen MR) is 53.5 cm³/mol. The van der Waals surface area contributed by atoms with Gasteiger partial charge in [-0.05, 0) is 29.7 Å². The van der Waals surface area contributed by atoms with Crippen LogP contribution in [-0.4, -0.2) is 17.6 Å². The first kappa shape index (κ1) is 9.49. The van der Waals surface area contributed by atoms with Crippen LogP contribution in [0.4, 0.5) is 0 Å². The number of benzene rings is 1. The summed E-state index contributed by atoms with van der Waals surface area (Å²) in [5, 5.41) is 12.6. The van der Waals surface area contributed by atoms with Crippen LogP contribution >= 0.6 is 11.6 Å². The van der Waals surface area contributed by atoms with E-state index < -0.39 is 12.0 Å². The van der Waals surface area contributed by atoms with Crippen LogP contribution < -0.4 is 5.32 Å². The monoisotopic (exact) mass is 211 g/mol. The topological polar surface area (TPSA) is 49.3 Å². The molecule has 0 spiro atoms. The van der Waals surface area contributed by atoms with Gasteiger partial charge in [0, 0.05) is 11.6 Å². The van der Waals surface area contributed by atoms with Crippen LogP contribution in [0.1, 0.15) is 17.2 Å². The first-order valence-electron chi connectivity index (χ1n) is 4.43. The zero-order valence-corrected chi connectivity index (χ0v) is 8.21. The van der Waals surface area contributed by atoms with Gasteiger partial charge in [0.25, 0.3) is 0 Å². The Balaban J connectivity index is 2.44. The molecule has 0 radical (unpaired) electrons. The Morgan fingerprint density at radius 2 is 2.36 bits per heavy atom. The van der Waals surface area contributed by atoms with Gasteiger partial charge in [0.15, 0.2) is 0 Å². The van der Waals surface area contributed by atoms with Crippen molar-refractivity contribution in [1.29, 1.82) is 0 Å². The number of carboxylic acids is 1. The number of hydrogen-bond donors (Lipinski definition) is 2. The molecule has 74 valence electrons. The summed E-state index contributed by atoms with van der Waals surface area (Å²) in [5.41, 5.74) is 1.86. The number of aliphatic carboxylic acids is 1. The van der Waals surface area contributed by atoms with E-state index in [1.54, 1.807) is 12.1 Å². The smallest absolute Gasteiger partial charge is 0.325 e. The molecule has 0 saturated heterocycles. The summed E-state index contributed by atoms with van der Waals surface area (Å²) in [6, 6.07) is 4.76. The molecular weight excluding hydrogens is 202 g/mol. The van der Waals surface area contributed by atoms with Gasteiger partial charge in [-0.2, -0.15) is 0 Å². The minimum atomic E-state index is -0.840. The van der Waals surface area contributed by atoms with Gasteiger partial charge in [-0.1, -0.05) is 17.7 Å². The van der Waals surface area contributed by atoms with E-state index >= 15 is 0 Å². The average Bonchev–Trinajstić information content (AvgIpc) is 2.16. The molecule has 0 saturated carbocycles. The SMILES string of the molecule is O=C(O)C1NCCc2cc(Cl)ccc21. The number of halogens is 1. The second-order valence-electron chi connectivity index (χ2n) is 3.32. The molecule has 1 aliphatic heterocycles. The van der Waals surface area contributed by atoms with Crippen LogP contribution in [0.25, 0.3) is 0 Å². The molecule has 2 rings (SSSR count). The zero-order valence-electron chi connectivity index (χ0n) is 7.46. The maximum Gasteiger partial charge on any atom is 0.325 e. The maximum atomic E-state index is 10.9. The van der Waals surface area contributed by atoms with E-state index in [9.17, 15) is 4.79 Å². The zero-order chi connectivity index (χ0) is 10.1. The molecule has 1 unspecified atom stereocenters. The van der Waals surface area contributed by atoms with Crippen molar-refractivity contribution in [2.45, 2.75) is 12.5 Å². The number of nitrogens with one attached hydrogen (secondary N) is 1. The van der Waals surface area contributed by atoms with E-state index in [4.69, 9.17) is 16.7 Å². The standard InChI is InChI=1S/C10H10ClNO2/c11-7-1-2-8-6(5-7)3-4-12-9(8)10(13)14/h1-2,5,9,12H,3-4H2,(H,13,14). The maximum absolute atomic E-state index is 10.9. The van der Waals surface area contributed by atoms with Crippen molar-refractivity contribution in [3.8, 4) is 0 Å². The molecular formula is C10H10ClNO2. The van der Waals surface area contributed by atoms with Gasteiger partial charge in [0.1, 0.15) is 6.04 Å². The van der Waals surface area contributed by atoms with Gasteiger partial charge >= 0.3 is 5.97 Å². The first-order chi connectivity index (χ1) is 6.68. The summed E-state index contributed by atoms with van der Waals surface area (Å²) in [5.74, 6) is -0.840. The molecule has 1 aromatic carbocycles. The highest BCUT2D eigenvalue weighted by atomic mass is 35.5. The Morgan fingerprint density at radius 3 is 3.07 bits per heavy atom. The lowest BCUT2D eigenvalue weighted by molar-refractivity contribution is -0.139. The highest BCUT2D eigenvalue weighted by Gasteiger charge is 2.25. The molecule has 2 N–H and O–H groups in total. The highest BCUT2D eigenvalue weighted by molar-refractivity contribution is 6.30. The molecule has 0 amide bonds. The second-order valence-corrected chi connectivity index (χ2v) is 3.75. The fraction of sp³-hybridized carbons (Fsp3) is 0.300. The van der Waals surface area contributed by atoms with Gasteiger partial charge in [-0.15, -0.1) is 0 Å². The van der Waals surface area contributed by atoms with Gasteiger partial charge in [0.05, 0.1) is 0 Å². The van der Waals surface area contributed by atoms with Crippen molar-refractivity contribution in [2.24, 2.45) is 0 Å². The third kappa shape index (κ3) is 1.61. The first-order valence-corrected chi connectivity index (χ1v) is 4.81. The lowest BCUT2D eigenvalue weighted by atomic mass is 9.94. The van der Waals surface area contributed by atoms with Crippen LogP contribution in [0.5, 0.6) is 0 Å². The van der Waals surface area contributed by atoms with E-state index in [1.165, 1.54) is 0 Å². The van der Waals surface area contributed by atoms with Crippen molar-refractivity contribution in [2.75, 3.05) is 6.54 Å². The van der Waals surface area contributed by atoms with Crippen LogP contribution in [0, 0.1) is 0 Å². The van der Waals surface area contributed by atoms with Crippen molar-refractivity contribution < 1.29 is 9.90 Å². The molecule has 0 bridgehead atoms. The Morgan fingerprint density at radius 1 is 1.57 bits per heavy atom. The normalized spacial score (nSPS) is 20.2. The fourth-order valence-corrected chi connectivity index (χ4v) is 1.95. The summed E-state index contributed by atoms with van der Waals surface area (Å²) in [6.07, 6.45) is 0.833. The predicted octanol–water partition coefficient (Wildman–Crippen LogP) is 1.61. The largest absolute Gasteiger partial charge is 0.480 e. The Kier molecular flexibility index (Phi) is 2.44. The van der Waals surface area contributed by atoms with Crippen molar-refractivity contribution in [3.05, 3.63) is 34.3 Å². The van der Waals surface area contributed by atoms with Crippen LogP contribution in [0.15, 0.2) is 18.2 Å². The van der Waals surface area contributed by atoms with E-state index in [2.05, 4.69) is 5.32 Å². The van der Waals surface area contributed by atoms with Crippen molar-refractivity contribution >= 4 is 17.6 Å². The second kappa shape index (κ2) is 3.59. The van der Waals surface area contributed by atoms with Gasteiger partial charge in [-0.3, -0.25) is 4.79 Å². The Bertz CT molecular complexity index is 378. The molecule has 1 atom stereocenters.